The van der Waals surface area contributed by atoms with E-state index in [1.807, 2.05) is 61.5 Å². The minimum Gasteiger partial charge on any atom is -0.507 e. The van der Waals surface area contributed by atoms with Gasteiger partial charge in [0.1, 0.15) is 5.75 Å². The molecule has 0 aliphatic heterocycles. The Bertz CT molecular complexity index is 1020. The summed E-state index contributed by atoms with van der Waals surface area (Å²) in [7, 11) is 0. The Morgan fingerprint density at radius 3 is 2.45 bits per heavy atom. The summed E-state index contributed by atoms with van der Waals surface area (Å²) in [5, 5.41) is 25.2. The minimum absolute atomic E-state index is 0.0273. The van der Waals surface area contributed by atoms with E-state index in [9.17, 15) is 9.90 Å². The first-order valence-electron chi connectivity index (χ1n) is 9.02. The zero-order valence-corrected chi connectivity index (χ0v) is 15.9. The van der Waals surface area contributed by atoms with E-state index in [-0.39, 0.29) is 18.2 Å². The maximum absolute atomic E-state index is 11.9. The number of azo groups is 1. The van der Waals surface area contributed by atoms with Crippen LogP contribution >= 0.6 is 0 Å². The fraction of sp³-hybridized carbons (Fsp3) is 0.0909. The number of aromatic hydroxyl groups is 1. The van der Waals surface area contributed by atoms with E-state index in [0.29, 0.717) is 11.3 Å². The molecule has 0 fully saturated rings. The summed E-state index contributed by atoms with van der Waals surface area (Å²) in [6.07, 6.45) is 1.36. The largest absolute Gasteiger partial charge is 0.507 e. The van der Waals surface area contributed by atoms with Crippen molar-refractivity contribution in [1.82, 2.24) is 5.43 Å². The second-order valence-corrected chi connectivity index (χ2v) is 6.29. The van der Waals surface area contributed by atoms with Gasteiger partial charge in [0.15, 0.2) is 0 Å². The van der Waals surface area contributed by atoms with Crippen LogP contribution in [0.4, 0.5) is 17.1 Å². The quantitative estimate of drug-likeness (QED) is 0.312. The maximum Gasteiger partial charge on any atom is 0.259 e. The van der Waals surface area contributed by atoms with Crippen molar-refractivity contribution >= 4 is 29.2 Å². The van der Waals surface area contributed by atoms with Gasteiger partial charge in [-0.3, -0.25) is 4.79 Å². The number of hydrogen-bond acceptors (Lipinski definition) is 6. The van der Waals surface area contributed by atoms with E-state index >= 15 is 0 Å². The second-order valence-electron chi connectivity index (χ2n) is 6.29. The van der Waals surface area contributed by atoms with Gasteiger partial charge in [-0.25, -0.2) is 5.43 Å². The number of phenols is 1. The third-order valence-electron chi connectivity index (χ3n) is 3.95. The van der Waals surface area contributed by atoms with Gasteiger partial charge in [0, 0.05) is 11.3 Å². The first kappa shape index (κ1) is 19.8. The number of amides is 1. The van der Waals surface area contributed by atoms with Crippen LogP contribution in [0.3, 0.4) is 0 Å². The lowest BCUT2D eigenvalue weighted by molar-refractivity contribution is -0.119. The lowest BCUT2D eigenvalue weighted by atomic mass is 10.2. The van der Waals surface area contributed by atoms with Crippen molar-refractivity contribution in [3.8, 4) is 5.75 Å². The van der Waals surface area contributed by atoms with Gasteiger partial charge in [-0.2, -0.15) is 15.3 Å². The third-order valence-corrected chi connectivity index (χ3v) is 3.95. The molecule has 29 heavy (non-hydrogen) atoms. The lowest BCUT2D eigenvalue weighted by Gasteiger charge is -2.05. The number of anilines is 1. The van der Waals surface area contributed by atoms with Gasteiger partial charge in [0.2, 0.25) is 0 Å². The topological polar surface area (TPSA) is 98.4 Å². The number of aryl methyl sites for hydroxylation is 1. The monoisotopic (exact) mass is 387 g/mol. The molecule has 7 nitrogen and oxygen atoms in total. The molecular formula is C22H21N5O2. The highest BCUT2D eigenvalue weighted by Gasteiger charge is 2.02. The highest BCUT2D eigenvalue weighted by atomic mass is 16.3. The predicted octanol–water partition coefficient (Wildman–Crippen LogP) is 4.68. The van der Waals surface area contributed by atoms with E-state index < -0.39 is 0 Å². The van der Waals surface area contributed by atoms with Crippen LogP contribution in [0, 0.1) is 6.92 Å². The number of benzene rings is 3. The lowest BCUT2D eigenvalue weighted by Crippen LogP contribution is -2.25. The third kappa shape index (κ3) is 6.28. The van der Waals surface area contributed by atoms with Crippen molar-refractivity contribution in [1.29, 1.82) is 0 Å². The number of nitrogens with one attached hydrogen (secondary N) is 2. The zero-order valence-electron chi connectivity index (χ0n) is 15.9. The summed E-state index contributed by atoms with van der Waals surface area (Å²) in [6, 6.07) is 21.8. The molecule has 0 saturated heterocycles. The molecule has 0 aliphatic carbocycles. The first-order chi connectivity index (χ1) is 14.1. The SMILES string of the molecule is Cc1ccc(NCC(=O)NN=Cc2cc(N=Nc3ccccc3)ccc2O)cc1. The number of hydrazone groups is 1. The number of phenolic OH excluding ortho intramolecular Hbond substituents is 1. The van der Waals surface area contributed by atoms with Crippen molar-refractivity contribution in [2.45, 2.75) is 6.92 Å². The van der Waals surface area contributed by atoms with Gasteiger partial charge in [-0.15, -0.1) is 0 Å². The first-order valence-corrected chi connectivity index (χ1v) is 9.02. The Labute approximate surface area is 168 Å². The Balaban J connectivity index is 1.56. The van der Waals surface area contributed by atoms with Crippen LogP contribution in [0.5, 0.6) is 5.75 Å². The smallest absolute Gasteiger partial charge is 0.259 e. The summed E-state index contributed by atoms with van der Waals surface area (Å²) in [5.74, 6) is -0.277. The molecule has 3 N–H and O–H groups in total. The minimum atomic E-state index is -0.304. The average molecular weight is 387 g/mol. The van der Waals surface area contributed by atoms with E-state index in [1.54, 1.807) is 12.1 Å². The van der Waals surface area contributed by atoms with Crippen molar-refractivity contribution in [3.63, 3.8) is 0 Å². The summed E-state index contributed by atoms with van der Waals surface area (Å²) in [4.78, 5) is 11.9. The van der Waals surface area contributed by atoms with E-state index in [2.05, 4.69) is 26.1 Å². The molecule has 0 heterocycles. The van der Waals surface area contributed by atoms with Gasteiger partial charge in [-0.05, 0) is 49.4 Å². The van der Waals surface area contributed by atoms with Crippen LogP contribution in [0.15, 0.2) is 88.1 Å². The number of carbonyl (C=O) groups excluding carboxylic acids is 1. The van der Waals surface area contributed by atoms with Crippen molar-refractivity contribution in [2.75, 3.05) is 11.9 Å². The molecule has 3 rings (SSSR count). The molecule has 3 aromatic rings. The molecule has 0 atom stereocenters. The molecule has 1 amide bonds. The molecule has 0 unspecified atom stereocenters. The Hall–Kier alpha value is -4.00. The van der Waals surface area contributed by atoms with Crippen LogP contribution in [-0.2, 0) is 4.79 Å². The average Bonchev–Trinajstić information content (AvgIpc) is 2.74. The fourth-order valence-electron chi connectivity index (χ4n) is 2.38. The van der Waals surface area contributed by atoms with Crippen LogP contribution < -0.4 is 10.7 Å². The Morgan fingerprint density at radius 1 is 0.966 bits per heavy atom. The molecule has 3 aromatic carbocycles. The second kappa shape index (κ2) is 9.80. The number of nitrogens with zero attached hydrogens (tertiary/aromatic N) is 3. The Morgan fingerprint density at radius 2 is 1.69 bits per heavy atom. The molecule has 0 aromatic heterocycles. The maximum atomic E-state index is 11.9. The zero-order chi connectivity index (χ0) is 20.5. The normalized spacial score (nSPS) is 11.1. The molecule has 7 heteroatoms. The highest BCUT2D eigenvalue weighted by molar-refractivity contribution is 5.87. The molecule has 0 aliphatic rings. The predicted molar refractivity (Wildman–Crippen MR) is 114 cm³/mol. The van der Waals surface area contributed by atoms with Crippen LogP contribution in [0.25, 0.3) is 0 Å². The van der Waals surface area contributed by atoms with E-state index in [0.717, 1.165) is 16.9 Å². The molecule has 0 radical (unpaired) electrons. The molecule has 0 saturated carbocycles. The van der Waals surface area contributed by atoms with Crippen LogP contribution in [0.1, 0.15) is 11.1 Å². The number of carbonyl (C=O) groups is 1. The van der Waals surface area contributed by atoms with Gasteiger partial charge < -0.3 is 10.4 Å². The van der Waals surface area contributed by atoms with E-state index in [1.165, 1.54) is 12.3 Å². The van der Waals surface area contributed by atoms with Gasteiger partial charge >= 0.3 is 0 Å². The summed E-state index contributed by atoms with van der Waals surface area (Å²) < 4.78 is 0. The highest BCUT2D eigenvalue weighted by Crippen LogP contribution is 2.23. The van der Waals surface area contributed by atoms with Gasteiger partial charge in [0.25, 0.3) is 5.91 Å². The molecule has 0 spiro atoms. The standard InChI is InChI=1S/C22H21N5O2/c1-16-7-9-18(10-8-16)23-15-22(29)27-24-14-17-13-20(11-12-21(17)28)26-25-19-5-3-2-4-6-19/h2-14,23,28H,15H2,1H3,(H,27,29). The molecule has 146 valence electrons. The molecule has 0 bridgehead atoms. The number of rotatable bonds is 7. The van der Waals surface area contributed by atoms with Crippen LogP contribution in [-0.4, -0.2) is 23.8 Å². The van der Waals surface area contributed by atoms with Crippen molar-refractivity contribution in [3.05, 3.63) is 83.9 Å². The van der Waals surface area contributed by atoms with Crippen LogP contribution in [0.2, 0.25) is 0 Å². The summed E-state index contributed by atoms with van der Waals surface area (Å²) in [6.45, 7) is 2.08. The van der Waals surface area contributed by atoms with Crippen molar-refractivity contribution in [2.24, 2.45) is 15.3 Å². The Kier molecular flexibility index (Phi) is 6.67. The number of hydrogen-bond donors (Lipinski definition) is 3. The van der Waals surface area contributed by atoms with Gasteiger partial charge in [-0.1, -0.05) is 35.9 Å². The van der Waals surface area contributed by atoms with E-state index in [4.69, 9.17) is 0 Å². The van der Waals surface area contributed by atoms with Crippen molar-refractivity contribution < 1.29 is 9.90 Å². The van der Waals surface area contributed by atoms with Gasteiger partial charge in [0.05, 0.1) is 24.1 Å². The summed E-state index contributed by atoms with van der Waals surface area (Å²) >= 11 is 0. The fourth-order valence-corrected chi connectivity index (χ4v) is 2.38. The molecular weight excluding hydrogens is 366 g/mol. The summed E-state index contributed by atoms with van der Waals surface area (Å²) in [5.41, 5.74) is 6.12.